The highest BCUT2D eigenvalue weighted by atomic mass is 16.6. The van der Waals surface area contributed by atoms with Crippen LogP contribution in [0.4, 0.5) is 4.79 Å². The summed E-state index contributed by atoms with van der Waals surface area (Å²) in [7, 11) is 0. The van der Waals surface area contributed by atoms with Crippen LogP contribution in [0.2, 0.25) is 0 Å². The van der Waals surface area contributed by atoms with E-state index in [4.69, 9.17) is 14.2 Å². The molecule has 0 bridgehead atoms. The van der Waals surface area contributed by atoms with Gasteiger partial charge in [0.05, 0.1) is 5.52 Å². The Hall–Kier alpha value is -5.63. The number of carbonyl (C=O) groups is 3. The molecule has 4 aromatic carbocycles. The molecule has 0 radical (unpaired) electrons. The van der Waals surface area contributed by atoms with Gasteiger partial charge < -0.3 is 19.2 Å². The lowest BCUT2D eigenvalue weighted by atomic mass is 10.2. The summed E-state index contributed by atoms with van der Waals surface area (Å²) in [5, 5.41) is 1.60. The number of hydrogen-bond donors (Lipinski definition) is 1. The van der Waals surface area contributed by atoms with Crippen molar-refractivity contribution in [3.8, 4) is 11.5 Å². The normalized spacial score (nSPS) is 11.0. The van der Waals surface area contributed by atoms with Crippen molar-refractivity contribution in [3.05, 3.63) is 132 Å². The molecule has 228 valence electrons. The van der Waals surface area contributed by atoms with Gasteiger partial charge in [0, 0.05) is 51.9 Å². The molecule has 0 spiro atoms. The summed E-state index contributed by atoms with van der Waals surface area (Å²) >= 11 is 0. The van der Waals surface area contributed by atoms with E-state index in [9.17, 15) is 14.4 Å². The van der Waals surface area contributed by atoms with E-state index < -0.39 is 11.7 Å². The Bertz CT molecular complexity index is 1920. The molecule has 0 amide bonds. The molecule has 0 saturated carbocycles. The first kappa shape index (κ1) is 30.8. The minimum Gasteiger partial charge on any atom is -0.489 e. The summed E-state index contributed by atoms with van der Waals surface area (Å²) in [6.07, 6.45) is 4.25. The third kappa shape index (κ3) is 7.86. The van der Waals surface area contributed by atoms with Crippen molar-refractivity contribution in [2.45, 2.75) is 39.6 Å². The van der Waals surface area contributed by atoms with Gasteiger partial charge in [0.25, 0.3) is 0 Å². The first-order valence-corrected chi connectivity index (χ1v) is 14.5. The van der Waals surface area contributed by atoms with Crippen LogP contribution in [0.5, 0.6) is 11.5 Å². The molecule has 0 saturated heterocycles. The molecule has 0 aliphatic carbocycles. The SMILES string of the molecule is CC(C)(C)OC(=O)n1cc(C=O)c2ccc(OCc3ccccc3)cc21.O=Cc1c[nH]c2cc(OCc3ccccc3)ccc12. The second kappa shape index (κ2) is 13.8. The van der Waals surface area contributed by atoms with E-state index in [0.29, 0.717) is 41.0 Å². The predicted molar refractivity (Wildman–Crippen MR) is 174 cm³/mol. The zero-order valence-electron chi connectivity index (χ0n) is 25.4. The summed E-state index contributed by atoms with van der Waals surface area (Å²) in [5.74, 6) is 1.40. The number of aldehydes is 2. The lowest BCUT2D eigenvalue weighted by molar-refractivity contribution is 0.0544. The number of rotatable bonds is 8. The van der Waals surface area contributed by atoms with Gasteiger partial charge in [-0.1, -0.05) is 60.7 Å². The standard InChI is InChI=1S/C21H21NO4.C16H13NO2/c1-21(2,3)26-20(24)22-12-16(13-23)18-10-9-17(11-19(18)22)25-14-15-7-5-4-6-8-15;18-10-13-9-17-16-8-14(6-7-15(13)16)19-11-12-4-2-1-3-5-12/h4-13H,14H2,1-3H3;1-10,17H,11H2. The number of carbonyl (C=O) groups excluding carboxylic acids is 3. The Morgan fingerprint density at radius 3 is 1.84 bits per heavy atom. The van der Waals surface area contributed by atoms with E-state index in [1.165, 1.54) is 10.8 Å². The fourth-order valence-electron chi connectivity index (χ4n) is 4.68. The number of hydrogen-bond acceptors (Lipinski definition) is 6. The van der Waals surface area contributed by atoms with Crippen LogP contribution >= 0.6 is 0 Å². The Kier molecular flexibility index (Phi) is 9.43. The maximum atomic E-state index is 12.5. The van der Waals surface area contributed by atoms with E-state index in [0.717, 1.165) is 40.4 Å². The van der Waals surface area contributed by atoms with Crippen molar-refractivity contribution >= 4 is 40.5 Å². The lowest BCUT2D eigenvalue weighted by Crippen LogP contribution is -2.26. The maximum Gasteiger partial charge on any atom is 0.419 e. The van der Waals surface area contributed by atoms with Crippen molar-refractivity contribution in [3.63, 3.8) is 0 Å². The molecule has 2 heterocycles. The van der Waals surface area contributed by atoms with Crippen molar-refractivity contribution in [2.24, 2.45) is 0 Å². The third-order valence-corrected chi connectivity index (χ3v) is 6.83. The molecule has 0 aliphatic heterocycles. The van der Waals surface area contributed by atoms with Crippen molar-refractivity contribution < 1.29 is 28.6 Å². The molecule has 1 N–H and O–H groups in total. The zero-order valence-corrected chi connectivity index (χ0v) is 25.4. The first-order chi connectivity index (χ1) is 21.7. The van der Waals surface area contributed by atoms with Crippen LogP contribution in [-0.4, -0.2) is 33.8 Å². The highest BCUT2D eigenvalue weighted by Gasteiger charge is 2.21. The van der Waals surface area contributed by atoms with E-state index in [-0.39, 0.29) is 0 Å². The minimum atomic E-state index is -0.629. The number of aromatic amines is 1. The van der Waals surface area contributed by atoms with Crippen molar-refractivity contribution in [1.82, 2.24) is 9.55 Å². The van der Waals surface area contributed by atoms with Crippen LogP contribution in [0, 0.1) is 0 Å². The summed E-state index contributed by atoms with van der Waals surface area (Å²) in [6.45, 7) is 6.34. The van der Waals surface area contributed by atoms with Crippen LogP contribution in [0.1, 0.15) is 52.6 Å². The number of aromatic nitrogens is 2. The average Bonchev–Trinajstić information content (AvgIpc) is 3.64. The Morgan fingerprint density at radius 1 is 0.733 bits per heavy atom. The van der Waals surface area contributed by atoms with Crippen molar-refractivity contribution in [2.75, 3.05) is 0 Å². The number of benzene rings is 4. The summed E-state index contributed by atoms with van der Waals surface area (Å²) in [4.78, 5) is 37.7. The quantitative estimate of drug-likeness (QED) is 0.176. The third-order valence-electron chi connectivity index (χ3n) is 6.83. The molecular weight excluding hydrogens is 568 g/mol. The molecule has 0 aliphatic rings. The van der Waals surface area contributed by atoms with Crippen molar-refractivity contribution in [1.29, 1.82) is 0 Å². The van der Waals surface area contributed by atoms with Crippen LogP contribution in [0.25, 0.3) is 21.8 Å². The second-order valence-electron chi connectivity index (χ2n) is 11.3. The van der Waals surface area contributed by atoms with E-state index in [1.54, 1.807) is 45.2 Å². The molecule has 0 unspecified atom stereocenters. The molecular formula is C37H34N2O6. The Balaban J connectivity index is 0.000000186. The van der Waals surface area contributed by atoms with Crippen LogP contribution in [0.15, 0.2) is 109 Å². The van der Waals surface area contributed by atoms with Crippen LogP contribution < -0.4 is 9.47 Å². The lowest BCUT2D eigenvalue weighted by Gasteiger charge is -2.19. The van der Waals surface area contributed by atoms with Gasteiger partial charge in [-0.25, -0.2) is 4.79 Å². The summed E-state index contributed by atoms with van der Waals surface area (Å²) in [6, 6.07) is 30.8. The Morgan fingerprint density at radius 2 is 1.29 bits per heavy atom. The molecule has 45 heavy (non-hydrogen) atoms. The van der Waals surface area contributed by atoms with Gasteiger partial charge >= 0.3 is 6.09 Å². The summed E-state index contributed by atoms with van der Waals surface area (Å²) in [5.41, 5.74) is 4.13. The van der Waals surface area contributed by atoms with E-state index in [1.807, 2.05) is 78.9 Å². The molecule has 0 fully saturated rings. The smallest absolute Gasteiger partial charge is 0.419 e. The Labute approximate surface area is 261 Å². The topological polar surface area (TPSA) is 99.6 Å². The fourth-order valence-corrected chi connectivity index (χ4v) is 4.68. The van der Waals surface area contributed by atoms with Gasteiger partial charge in [-0.15, -0.1) is 0 Å². The van der Waals surface area contributed by atoms with E-state index >= 15 is 0 Å². The molecule has 6 rings (SSSR count). The van der Waals surface area contributed by atoms with Gasteiger partial charge in [-0.05, 0) is 56.2 Å². The largest absolute Gasteiger partial charge is 0.489 e. The van der Waals surface area contributed by atoms with E-state index in [2.05, 4.69) is 4.98 Å². The summed E-state index contributed by atoms with van der Waals surface area (Å²) < 4.78 is 18.3. The highest BCUT2D eigenvalue weighted by molar-refractivity contribution is 6.02. The first-order valence-electron chi connectivity index (χ1n) is 14.5. The predicted octanol–water partition coefficient (Wildman–Crippen LogP) is 8.38. The average molecular weight is 603 g/mol. The van der Waals surface area contributed by atoms with Gasteiger partial charge in [0.1, 0.15) is 30.3 Å². The number of fused-ring (bicyclic) bond motifs is 2. The zero-order chi connectivity index (χ0) is 31.8. The fraction of sp³-hybridized carbons (Fsp3) is 0.162. The number of H-pyrrole nitrogens is 1. The second-order valence-corrected chi connectivity index (χ2v) is 11.3. The van der Waals surface area contributed by atoms with Gasteiger partial charge in [0.15, 0.2) is 12.6 Å². The molecule has 8 heteroatoms. The van der Waals surface area contributed by atoms with Crippen LogP contribution in [0.3, 0.4) is 0 Å². The maximum absolute atomic E-state index is 12.5. The monoisotopic (exact) mass is 602 g/mol. The number of ether oxygens (including phenoxy) is 3. The highest BCUT2D eigenvalue weighted by Crippen LogP contribution is 2.27. The minimum absolute atomic E-state index is 0.417. The number of nitrogens with one attached hydrogen (secondary N) is 1. The van der Waals surface area contributed by atoms with Gasteiger partial charge in [0.2, 0.25) is 0 Å². The molecule has 0 atom stereocenters. The van der Waals surface area contributed by atoms with Gasteiger partial charge in [-0.2, -0.15) is 0 Å². The van der Waals surface area contributed by atoms with Gasteiger partial charge in [-0.3, -0.25) is 14.2 Å². The molecule has 8 nitrogen and oxygen atoms in total. The molecule has 6 aromatic rings. The number of nitrogens with zero attached hydrogens (tertiary/aromatic N) is 1. The molecule has 2 aromatic heterocycles. The van der Waals surface area contributed by atoms with Crippen LogP contribution in [-0.2, 0) is 18.0 Å².